The van der Waals surface area contributed by atoms with Crippen LogP contribution in [-0.2, 0) is 10.7 Å². The van der Waals surface area contributed by atoms with Gasteiger partial charge in [-0.2, -0.15) is 4.39 Å². The molecule has 0 radical (unpaired) electrons. The Morgan fingerprint density at radius 2 is 2.06 bits per heavy atom. The molecular formula is C9H6F2N2O2S. The maximum atomic E-state index is 13.3. The number of nitrogens with one attached hydrogen (secondary N) is 1. The molecule has 0 unspecified atom stereocenters. The molecule has 2 aromatic heterocycles. The monoisotopic (exact) mass is 244 g/mol. The summed E-state index contributed by atoms with van der Waals surface area (Å²) in [6, 6.07) is 2.14. The van der Waals surface area contributed by atoms with Crippen molar-refractivity contribution in [2.24, 2.45) is 0 Å². The second-order valence-corrected chi connectivity index (χ2v) is 4.02. The first-order valence-electron chi connectivity index (χ1n) is 4.23. The lowest BCUT2D eigenvalue weighted by molar-refractivity contribution is 0.557. The summed E-state index contributed by atoms with van der Waals surface area (Å²) < 4.78 is 47.8. The van der Waals surface area contributed by atoms with Gasteiger partial charge in [0.1, 0.15) is 5.82 Å². The number of pyridine rings is 1. The van der Waals surface area contributed by atoms with Crippen molar-refractivity contribution in [1.82, 2.24) is 9.97 Å². The summed E-state index contributed by atoms with van der Waals surface area (Å²) in [7, 11) is -2.78. The van der Waals surface area contributed by atoms with E-state index >= 15 is 0 Å². The molecule has 0 aromatic carbocycles. The molecule has 7 heteroatoms. The van der Waals surface area contributed by atoms with Crippen LogP contribution in [0.2, 0.25) is 0 Å². The Kier molecular flexibility index (Phi) is 2.69. The van der Waals surface area contributed by atoms with Crippen molar-refractivity contribution in [3.05, 3.63) is 36.3 Å². The van der Waals surface area contributed by atoms with Gasteiger partial charge in [0.25, 0.3) is 0 Å². The fourth-order valence-electron chi connectivity index (χ4n) is 1.29. The zero-order chi connectivity index (χ0) is 11.7. The number of thiol groups is 1. The predicted octanol–water partition coefficient (Wildman–Crippen LogP) is 1.33. The molecule has 0 fully saturated rings. The standard InChI is InChI=1S/C9H6F2N2O2S/c10-6-1-2-12-9(11)8(6)7-3-5(4-13-7)16(14)15/h1-4,13,16H. The van der Waals surface area contributed by atoms with Gasteiger partial charge in [0, 0.05) is 12.4 Å². The van der Waals surface area contributed by atoms with Gasteiger partial charge in [-0.3, -0.25) is 0 Å². The third-order valence-corrected chi connectivity index (χ3v) is 2.68. The lowest BCUT2D eigenvalue weighted by atomic mass is 10.2. The van der Waals surface area contributed by atoms with Crippen LogP contribution in [0.5, 0.6) is 0 Å². The lowest BCUT2D eigenvalue weighted by Gasteiger charge is -2.00. The van der Waals surface area contributed by atoms with Gasteiger partial charge < -0.3 is 4.98 Å². The van der Waals surface area contributed by atoms with Gasteiger partial charge in [0.2, 0.25) is 5.95 Å². The third kappa shape index (κ3) is 1.81. The Labute approximate surface area is 90.9 Å². The highest BCUT2D eigenvalue weighted by Crippen LogP contribution is 2.24. The van der Waals surface area contributed by atoms with Crippen LogP contribution >= 0.6 is 0 Å². The number of rotatable bonds is 2. The minimum Gasteiger partial charge on any atom is -0.360 e. The highest BCUT2D eigenvalue weighted by molar-refractivity contribution is 7.72. The van der Waals surface area contributed by atoms with E-state index < -0.39 is 22.5 Å². The molecule has 0 aliphatic carbocycles. The molecular weight excluding hydrogens is 238 g/mol. The molecule has 0 saturated heterocycles. The van der Waals surface area contributed by atoms with Gasteiger partial charge in [-0.05, 0) is 12.1 Å². The van der Waals surface area contributed by atoms with Gasteiger partial charge in [-0.15, -0.1) is 0 Å². The summed E-state index contributed by atoms with van der Waals surface area (Å²) in [6.07, 6.45) is 2.15. The van der Waals surface area contributed by atoms with Crippen LogP contribution in [0, 0.1) is 11.8 Å². The molecule has 2 aromatic rings. The summed E-state index contributed by atoms with van der Waals surface area (Å²) in [5.41, 5.74) is -0.331. The van der Waals surface area contributed by atoms with Gasteiger partial charge in [0.15, 0.2) is 10.7 Å². The van der Waals surface area contributed by atoms with Crippen LogP contribution in [0.15, 0.2) is 29.4 Å². The number of aromatic amines is 1. The van der Waals surface area contributed by atoms with Crippen LogP contribution in [0.1, 0.15) is 0 Å². The van der Waals surface area contributed by atoms with E-state index in [-0.39, 0.29) is 16.2 Å². The second kappa shape index (κ2) is 4.01. The zero-order valence-electron chi connectivity index (χ0n) is 7.78. The number of halogens is 2. The first-order valence-corrected chi connectivity index (χ1v) is 5.40. The van der Waals surface area contributed by atoms with Gasteiger partial charge in [-0.25, -0.2) is 17.8 Å². The topological polar surface area (TPSA) is 62.8 Å². The largest absolute Gasteiger partial charge is 0.360 e. The maximum Gasteiger partial charge on any atom is 0.225 e. The Balaban J connectivity index is 2.59. The van der Waals surface area contributed by atoms with Gasteiger partial charge in [-0.1, -0.05) is 0 Å². The average Bonchev–Trinajstić information content (AvgIpc) is 2.66. The second-order valence-electron chi connectivity index (χ2n) is 2.99. The Hall–Kier alpha value is -1.76. The number of aromatic nitrogens is 2. The van der Waals surface area contributed by atoms with Gasteiger partial charge >= 0.3 is 0 Å². The van der Waals surface area contributed by atoms with E-state index in [1.807, 2.05) is 0 Å². The molecule has 2 heterocycles. The first-order chi connectivity index (χ1) is 7.59. The Bertz CT molecular complexity index is 579. The Morgan fingerprint density at radius 3 is 2.62 bits per heavy atom. The predicted molar refractivity (Wildman–Crippen MR) is 52.5 cm³/mol. The fraction of sp³-hybridized carbons (Fsp3) is 0. The van der Waals surface area contributed by atoms with Crippen molar-refractivity contribution in [3.63, 3.8) is 0 Å². The van der Waals surface area contributed by atoms with Crippen molar-refractivity contribution in [1.29, 1.82) is 0 Å². The van der Waals surface area contributed by atoms with E-state index in [2.05, 4.69) is 9.97 Å². The fourth-order valence-corrected chi connectivity index (χ4v) is 1.69. The van der Waals surface area contributed by atoms with Crippen molar-refractivity contribution in [2.75, 3.05) is 0 Å². The smallest absolute Gasteiger partial charge is 0.225 e. The van der Waals surface area contributed by atoms with Crippen molar-refractivity contribution >= 4 is 10.7 Å². The average molecular weight is 244 g/mol. The minimum absolute atomic E-state index is 0.0346. The molecule has 0 spiro atoms. The van der Waals surface area contributed by atoms with E-state index in [9.17, 15) is 17.2 Å². The third-order valence-electron chi connectivity index (χ3n) is 2.00. The summed E-state index contributed by atoms with van der Waals surface area (Å²) in [5, 5.41) is 0. The van der Waals surface area contributed by atoms with Gasteiger partial charge in [0.05, 0.1) is 16.2 Å². The zero-order valence-corrected chi connectivity index (χ0v) is 8.67. The normalized spacial score (nSPS) is 10.9. The minimum atomic E-state index is -2.78. The van der Waals surface area contributed by atoms with E-state index in [1.54, 1.807) is 0 Å². The molecule has 2 rings (SSSR count). The van der Waals surface area contributed by atoms with Crippen LogP contribution < -0.4 is 0 Å². The molecule has 1 N–H and O–H groups in total. The Morgan fingerprint density at radius 1 is 1.31 bits per heavy atom. The summed E-state index contributed by atoms with van der Waals surface area (Å²) in [4.78, 5) is 5.74. The lowest BCUT2D eigenvalue weighted by Crippen LogP contribution is -1.92. The number of nitrogens with zero attached hydrogens (tertiary/aromatic N) is 1. The van der Waals surface area contributed by atoms with E-state index in [0.29, 0.717) is 0 Å². The van der Waals surface area contributed by atoms with Crippen LogP contribution in [0.4, 0.5) is 8.78 Å². The SMILES string of the molecule is O=[SH](=O)c1c[nH]c(-c2c(F)ccnc2F)c1. The van der Waals surface area contributed by atoms with Crippen molar-refractivity contribution in [2.45, 2.75) is 4.90 Å². The molecule has 4 nitrogen and oxygen atoms in total. The van der Waals surface area contributed by atoms with E-state index in [4.69, 9.17) is 0 Å². The summed E-state index contributed by atoms with van der Waals surface area (Å²) in [6.45, 7) is 0. The summed E-state index contributed by atoms with van der Waals surface area (Å²) in [5.74, 6) is -1.79. The van der Waals surface area contributed by atoms with E-state index in [1.165, 1.54) is 0 Å². The van der Waals surface area contributed by atoms with Crippen molar-refractivity contribution in [3.8, 4) is 11.3 Å². The number of hydrogen-bond donors (Lipinski definition) is 2. The van der Waals surface area contributed by atoms with Crippen molar-refractivity contribution < 1.29 is 17.2 Å². The number of hydrogen-bond acceptors (Lipinski definition) is 3. The first kappa shape index (κ1) is 10.7. The van der Waals surface area contributed by atoms with Crippen LogP contribution in [-0.4, -0.2) is 18.4 Å². The van der Waals surface area contributed by atoms with Crippen LogP contribution in [0.3, 0.4) is 0 Å². The molecule has 16 heavy (non-hydrogen) atoms. The molecule has 0 bridgehead atoms. The molecule has 0 atom stereocenters. The molecule has 0 saturated carbocycles. The molecule has 0 amide bonds. The molecule has 84 valence electrons. The molecule has 0 aliphatic heterocycles. The molecule has 0 aliphatic rings. The van der Waals surface area contributed by atoms with Crippen LogP contribution in [0.25, 0.3) is 11.3 Å². The summed E-state index contributed by atoms with van der Waals surface area (Å²) >= 11 is 0. The van der Waals surface area contributed by atoms with E-state index in [0.717, 1.165) is 24.5 Å². The quantitative estimate of drug-likeness (QED) is 0.618. The highest BCUT2D eigenvalue weighted by atomic mass is 32.2. The highest BCUT2D eigenvalue weighted by Gasteiger charge is 2.14. The number of H-pyrrole nitrogens is 1. The maximum absolute atomic E-state index is 13.3.